The number of benzene rings is 1. The van der Waals surface area contributed by atoms with E-state index >= 15 is 0 Å². The first kappa shape index (κ1) is 14.8. The average molecular weight is 292 g/mol. The van der Waals surface area contributed by atoms with Crippen molar-refractivity contribution in [1.29, 1.82) is 0 Å². The Hall–Kier alpha value is -1.27. The quantitative estimate of drug-likeness (QED) is 0.917. The van der Waals surface area contributed by atoms with Gasteiger partial charge in [-0.05, 0) is 25.1 Å². The van der Waals surface area contributed by atoms with Crippen LogP contribution in [0.5, 0.6) is 5.75 Å². The van der Waals surface area contributed by atoms with Crippen molar-refractivity contribution in [2.75, 3.05) is 18.7 Å². The number of nitrogens with one attached hydrogen (secondary N) is 1. The predicted octanol–water partition coefficient (Wildman–Crippen LogP) is 1.72. The van der Waals surface area contributed by atoms with Gasteiger partial charge in [0.1, 0.15) is 11.0 Å². The molecule has 7 heteroatoms. The highest BCUT2D eigenvalue weighted by Crippen LogP contribution is 2.27. The van der Waals surface area contributed by atoms with E-state index in [1.165, 1.54) is 20.1 Å². The number of amides is 1. The Morgan fingerprint density at radius 3 is 2.50 bits per heavy atom. The second-order valence-electron chi connectivity index (χ2n) is 3.81. The normalized spacial score (nSPS) is 12.9. The summed E-state index contributed by atoms with van der Waals surface area (Å²) in [5.41, 5.74) is 0.418. The molecule has 1 aromatic rings. The summed E-state index contributed by atoms with van der Waals surface area (Å²) in [7, 11) is -1.94. The first-order valence-corrected chi connectivity index (χ1v) is 7.42. The van der Waals surface area contributed by atoms with Crippen LogP contribution in [0, 0.1) is 0 Å². The van der Waals surface area contributed by atoms with Gasteiger partial charge in [-0.3, -0.25) is 4.79 Å². The summed E-state index contributed by atoms with van der Waals surface area (Å²) in [5.74, 6) is -0.121. The van der Waals surface area contributed by atoms with Crippen LogP contribution in [0.15, 0.2) is 18.2 Å². The number of carbonyl (C=O) groups is 1. The Labute approximate surface area is 111 Å². The van der Waals surface area contributed by atoms with E-state index in [2.05, 4.69) is 5.32 Å². The van der Waals surface area contributed by atoms with Crippen molar-refractivity contribution < 1.29 is 17.9 Å². The molecule has 0 aliphatic rings. The average Bonchev–Trinajstić information content (AvgIpc) is 2.27. The van der Waals surface area contributed by atoms with Crippen molar-refractivity contribution >= 4 is 33.0 Å². The maximum Gasteiger partial charge on any atom is 0.242 e. The van der Waals surface area contributed by atoms with Crippen LogP contribution >= 0.6 is 11.6 Å². The summed E-state index contributed by atoms with van der Waals surface area (Å²) < 4.78 is 27.4. The molecule has 1 rings (SSSR count). The highest BCUT2D eigenvalue weighted by molar-refractivity contribution is 7.92. The molecular formula is C11H14ClNO4S. The number of anilines is 1. The topological polar surface area (TPSA) is 72.5 Å². The third kappa shape index (κ3) is 3.61. The molecule has 0 fully saturated rings. The van der Waals surface area contributed by atoms with Crippen LogP contribution in [-0.2, 0) is 14.6 Å². The van der Waals surface area contributed by atoms with E-state index in [0.717, 1.165) is 6.26 Å². The van der Waals surface area contributed by atoms with Crippen LogP contribution in [0.25, 0.3) is 0 Å². The summed E-state index contributed by atoms with van der Waals surface area (Å²) in [6.07, 6.45) is 1.01. The first-order valence-electron chi connectivity index (χ1n) is 5.09. The molecule has 18 heavy (non-hydrogen) atoms. The molecule has 1 aromatic carbocycles. The lowest BCUT2D eigenvalue weighted by molar-refractivity contribution is -0.115. The number of carbonyl (C=O) groups excluding carboxylic acids is 1. The number of hydrogen-bond donors (Lipinski definition) is 1. The fourth-order valence-corrected chi connectivity index (χ4v) is 1.89. The van der Waals surface area contributed by atoms with E-state index in [-0.39, 0.29) is 0 Å². The number of ether oxygens (including phenoxy) is 1. The predicted molar refractivity (Wildman–Crippen MR) is 70.9 cm³/mol. The van der Waals surface area contributed by atoms with Crippen molar-refractivity contribution in [2.24, 2.45) is 0 Å². The van der Waals surface area contributed by atoms with E-state index in [1.54, 1.807) is 12.1 Å². The van der Waals surface area contributed by atoms with Gasteiger partial charge >= 0.3 is 0 Å². The van der Waals surface area contributed by atoms with Crippen molar-refractivity contribution in [3.05, 3.63) is 23.2 Å². The van der Waals surface area contributed by atoms with Crippen LogP contribution in [0.2, 0.25) is 5.02 Å². The first-order chi connectivity index (χ1) is 8.25. The third-order valence-electron chi connectivity index (χ3n) is 2.43. The largest absolute Gasteiger partial charge is 0.495 e. The Morgan fingerprint density at radius 2 is 2.06 bits per heavy atom. The fourth-order valence-electron chi connectivity index (χ4n) is 1.18. The number of hydrogen-bond acceptors (Lipinski definition) is 4. The number of methoxy groups -OCH3 is 1. The molecule has 0 spiro atoms. The van der Waals surface area contributed by atoms with Crippen molar-refractivity contribution in [3.63, 3.8) is 0 Å². The molecule has 0 radical (unpaired) electrons. The zero-order valence-corrected chi connectivity index (χ0v) is 11.8. The van der Waals surface area contributed by atoms with E-state index < -0.39 is 21.0 Å². The summed E-state index contributed by atoms with van der Waals surface area (Å²) in [5, 5.41) is 1.71. The van der Waals surface area contributed by atoms with Gasteiger partial charge in [-0.15, -0.1) is 0 Å². The summed E-state index contributed by atoms with van der Waals surface area (Å²) in [6.45, 7) is 1.33. The molecule has 0 aliphatic heterocycles. The second-order valence-corrected chi connectivity index (χ2v) is 6.58. The Balaban J connectivity index is 2.86. The summed E-state index contributed by atoms with van der Waals surface area (Å²) in [4.78, 5) is 11.7. The lowest BCUT2D eigenvalue weighted by atomic mass is 10.3. The van der Waals surface area contributed by atoms with Crippen LogP contribution in [0.4, 0.5) is 5.69 Å². The van der Waals surface area contributed by atoms with Gasteiger partial charge < -0.3 is 10.1 Å². The molecule has 1 atom stereocenters. The summed E-state index contributed by atoms with van der Waals surface area (Å²) in [6, 6.07) is 4.66. The lowest BCUT2D eigenvalue weighted by Gasteiger charge is -2.11. The standard InChI is InChI=1S/C11H14ClNO4S/c1-7(18(3,15)16)11(14)13-8-4-5-10(17-2)9(12)6-8/h4-7H,1-3H3,(H,13,14)/t7-/m0/s1. The van der Waals surface area contributed by atoms with Gasteiger partial charge in [0.25, 0.3) is 0 Å². The molecule has 0 unspecified atom stereocenters. The van der Waals surface area contributed by atoms with E-state index in [9.17, 15) is 13.2 Å². The molecule has 0 bridgehead atoms. The van der Waals surface area contributed by atoms with Gasteiger partial charge in [0.05, 0.1) is 12.1 Å². The Kier molecular flexibility index (Phi) is 4.59. The van der Waals surface area contributed by atoms with E-state index in [0.29, 0.717) is 16.5 Å². The molecule has 0 aromatic heterocycles. The van der Waals surface area contributed by atoms with Gasteiger partial charge in [-0.25, -0.2) is 8.42 Å². The number of sulfone groups is 1. The van der Waals surface area contributed by atoms with Gasteiger partial charge in [0, 0.05) is 11.9 Å². The van der Waals surface area contributed by atoms with Crippen LogP contribution in [-0.4, -0.2) is 32.9 Å². The van der Waals surface area contributed by atoms with Gasteiger partial charge in [0.2, 0.25) is 5.91 Å². The second kappa shape index (κ2) is 5.58. The van der Waals surface area contributed by atoms with Crippen molar-refractivity contribution in [3.8, 4) is 5.75 Å². The number of rotatable bonds is 4. The lowest BCUT2D eigenvalue weighted by Crippen LogP contribution is -2.31. The van der Waals surface area contributed by atoms with Gasteiger partial charge in [-0.2, -0.15) is 0 Å². The minimum atomic E-state index is -3.41. The number of halogens is 1. The molecule has 0 saturated heterocycles. The molecule has 0 aliphatic carbocycles. The SMILES string of the molecule is COc1ccc(NC(=O)[C@H](C)S(C)(=O)=O)cc1Cl. The van der Waals surface area contributed by atoms with E-state index in [1.807, 2.05) is 0 Å². The van der Waals surface area contributed by atoms with Gasteiger partial charge in [-0.1, -0.05) is 11.6 Å². The minimum Gasteiger partial charge on any atom is -0.495 e. The minimum absolute atomic E-state index is 0.335. The molecule has 5 nitrogen and oxygen atoms in total. The highest BCUT2D eigenvalue weighted by Gasteiger charge is 2.23. The molecular weight excluding hydrogens is 278 g/mol. The molecule has 100 valence electrons. The van der Waals surface area contributed by atoms with Crippen molar-refractivity contribution in [2.45, 2.75) is 12.2 Å². The summed E-state index contributed by atoms with van der Waals surface area (Å²) >= 11 is 5.89. The molecule has 0 saturated carbocycles. The molecule has 0 heterocycles. The highest BCUT2D eigenvalue weighted by atomic mass is 35.5. The monoisotopic (exact) mass is 291 g/mol. The maximum absolute atomic E-state index is 11.7. The smallest absolute Gasteiger partial charge is 0.242 e. The fraction of sp³-hybridized carbons (Fsp3) is 0.364. The molecule has 1 N–H and O–H groups in total. The van der Waals surface area contributed by atoms with Crippen LogP contribution in [0.3, 0.4) is 0 Å². The van der Waals surface area contributed by atoms with Crippen molar-refractivity contribution in [1.82, 2.24) is 0 Å². The van der Waals surface area contributed by atoms with Gasteiger partial charge in [0.15, 0.2) is 9.84 Å². The van der Waals surface area contributed by atoms with E-state index in [4.69, 9.17) is 16.3 Å². The molecule has 1 amide bonds. The van der Waals surface area contributed by atoms with Crippen LogP contribution < -0.4 is 10.1 Å². The Bertz CT molecular complexity index is 556. The zero-order chi connectivity index (χ0) is 13.9. The Morgan fingerprint density at radius 1 is 1.44 bits per heavy atom. The zero-order valence-electron chi connectivity index (χ0n) is 10.2. The maximum atomic E-state index is 11.7. The van der Waals surface area contributed by atoms with Crippen LogP contribution in [0.1, 0.15) is 6.92 Å². The third-order valence-corrected chi connectivity index (χ3v) is 4.22.